The van der Waals surface area contributed by atoms with Gasteiger partial charge in [0, 0.05) is 19.0 Å². The summed E-state index contributed by atoms with van der Waals surface area (Å²) < 4.78 is 0. The molecule has 0 spiro atoms. The van der Waals surface area contributed by atoms with Gasteiger partial charge in [-0.15, -0.1) is 0 Å². The zero-order chi connectivity index (χ0) is 13.8. The van der Waals surface area contributed by atoms with Gasteiger partial charge >= 0.3 is 0 Å². The summed E-state index contributed by atoms with van der Waals surface area (Å²) in [5, 5.41) is 11.9. The van der Waals surface area contributed by atoms with Crippen molar-refractivity contribution in [2.24, 2.45) is 0 Å². The maximum Gasteiger partial charge on any atom is 0.257 e. The molecule has 0 aliphatic carbocycles. The number of nitrogens with zero attached hydrogens (tertiary/aromatic N) is 1. The van der Waals surface area contributed by atoms with Crippen LogP contribution in [0.5, 0.6) is 5.75 Å². The smallest absolute Gasteiger partial charge is 0.257 e. The predicted molar refractivity (Wildman–Crippen MR) is 77.5 cm³/mol. The second kappa shape index (κ2) is 5.74. The maximum atomic E-state index is 12.3. The predicted octanol–water partition coefficient (Wildman–Crippen LogP) is 3.42. The Kier molecular flexibility index (Phi) is 4.05. The second-order valence-electron chi connectivity index (χ2n) is 4.76. The summed E-state index contributed by atoms with van der Waals surface area (Å²) >= 11 is 0. The van der Waals surface area contributed by atoms with Gasteiger partial charge in [-0.2, -0.15) is 0 Å². The highest BCUT2D eigenvalue weighted by Gasteiger charge is 2.16. The molecule has 0 saturated heterocycles. The van der Waals surface area contributed by atoms with E-state index in [-0.39, 0.29) is 11.7 Å². The van der Waals surface area contributed by atoms with Crippen molar-refractivity contribution in [3.8, 4) is 5.75 Å². The third kappa shape index (κ3) is 2.70. The molecular formula is C16H19NO2. The number of aromatic hydroxyl groups is 1. The van der Waals surface area contributed by atoms with E-state index in [1.54, 1.807) is 18.0 Å². The lowest BCUT2D eigenvalue weighted by Crippen LogP contribution is -2.27. The molecule has 19 heavy (non-hydrogen) atoms. The third-order valence-corrected chi connectivity index (χ3v) is 3.32. The second-order valence-corrected chi connectivity index (χ2v) is 4.76. The third-order valence-electron chi connectivity index (χ3n) is 3.32. The van der Waals surface area contributed by atoms with Crippen LogP contribution < -0.4 is 0 Å². The monoisotopic (exact) mass is 257 g/mol. The Morgan fingerprint density at radius 3 is 2.68 bits per heavy atom. The number of rotatable bonds is 4. The topological polar surface area (TPSA) is 40.5 Å². The molecule has 0 aliphatic rings. The molecule has 0 heterocycles. The molecule has 3 heteroatoms. The van der Waals surface area contributed by atoms with Crippen molar-refractivity contribution >= 4 is 16.7 Å². The average Bonchev–Trinajstić information content (AvgIpc) is 2.44. The summed E-state index contributed by atoms with van der Waals surface area (Å²) in [4.78, 5) is 13.9. The molecule has 0 unspecified atom stereocenters. The summed E-state index contributed by atoms with van der Waals surface area (Å²) in [6.45, 7) is 2.80. The van der Waals surface area contributed by atoms with Gasteiger partial charge < -0.3 is 10.0 Å². The van der Waals surface area contributed by atoms with Crippen LogP contribution in [0.1, 0.15) is 30.1 Å². The molecule has 0 saturated carbocycles. The number of benzene rings is 2. The Bertz CT molecular complexity index is 592. The Labute approximate surface area is 113 Å². The summed E-state index contributed by atoms with van der Waals surface area (Å²) in [6.07, 6.45) is 2.01. The molecule has 0 aliphatic heterocycles. The molecule has 0 radical (unpaired) electrons. The van der Waals surface area contributed by atoms with Gasteiger partial charge in [-0.3, -0.25) is 4.79 Å². The molecule has 2 aromatic carbocycles. The van der Waals surface area contributed by atoms with Crippen molar-refractivity contribution in [3.63, 3.8) is 0 Å². The number of fused-ring (bicyclic) bond motifs is 1. The zero-order valence-electron chi connectivity index (χ0n) is 11.4. The first-order valence-corrected chi connectivity index (χ1v) is 6.61. The van der Waals surface area contributed by atoms with E-state index in [0.717, 1.165) is 23.6 Å². The molecule has 3 nitrogen and oxygen atoms in total. The molecule has 1 N–H and O–H groups in total. The van der Waals surface area contributed by atoms with Crippen LogP contribution in [0.3, 0.4) is 0 Å². The number of unbranched alkanes of at least 4 members (excludes halogenated alkanes) is 1. The molecule has 0 bridgehead atoms. The SMILES string of the molecule is CCCCN(C)C(=O)c1ccc2ccccc2c1O. The van der Waals surface area contributed by atoms with Gasteiger partial charge in [0.05, 0.1) is 5.56 Å². The quantitative estimate of drug-likeness (QED) is 0.911. The van der Waals surface area contributed by atoms with E-state index < -0.39 is 0 Å². The lowest BCUT2D eigenvalue weighted by Gasteiger charge is -2.18. The van der Waals surface area contributed by atoms with Gasteiger partial charge in [-0.25, -0.2) is 0 Å². The Hall–Kier alpha value is -2.03. The standard InChI is InChI=1S/C16H19NO2/c1-3-4-11-17(2)16(19)14-10-9-12-7-5-6-8-13(12)15(14)18/h5-10,18H,3-4,11H2,1-2H3. The highest BCUT2D eigenvalue weighted by molar-refractivity contribution is 6.03. The first kappa shape index (κ1) is 13.4. The van der Waals surface area contributed by atoms with Gasteiger partial charge in [0.15, 0.2) is 0 Å². The molecule has 0 atom stereocenters. The van der Waals surface area contributed by atoms with Crippen LogP contribution >= 0.6 is 0 Å². The van der Waals surface area contributed by atoms with Crippen molar-refractivity contribution < 1.29 is 9.90 Å². The van der Waals surface area contributed by atoms with Crippen LogP contribution in [0.4, 0.5) is 0 Å². The van der Waals surface area contributed by atoms with E-state index >= 15 is 0 Å². The highest BCUT2D eigenvalue weighted by atomic mass is 16.3. The van der Waals surface area contributed by atoms with E-state index in [9.17, 15) is 9.90 Å². The van der Waals surface area contributed by atoms with Crippen LogP contribution in [-0.4, -0.2) is 29.5 Å². The Balaban J connectivity index is 2.35. The van der Waals surface area contributed by atoms with Gasteiger partial charge in [0.2, 0.25) is 0 Å². The molecule has 0 fully saturated rings. The fraction of sp³-hybridized carbons (Fsp3) is 0.312. The van der Waals surface area contributed by atoms with Gasteiger partial charge in [0.25, 0.3) is 5.91 Å². The van der Waals surface area contributed by atoms with Crippen molar-refractivity contribution in [2.45, 2.75) is 19.8 Å². The van der Waals surface area contributed by atoms with E-state index in [0.29, 0.717) is 12.1 Å². The number of amides is 1. The lowest BCUT2D eigenvalue weighted by atomic mass is 10.0. The van der Waals surface area contributed by atoms with E-state index in [4.69, 9.17) is 0 Å². The van der Waals surface area contributed by atoms with Crippen molar-refractivity contribution in [1.29, 1.82) is 0 Å². The molecule has 1 amide bonds. The minimum absolute atomic E-state index is 0.0754. The normalized spacial score (nSPS) is 10.6. The van der Waals surface area contributed by atoms with Crippen molar-refractivity contribution in [2.75, 3.05) is 13.6 Å². The van der Waals surface area contributed by atoms with Crippen molar-refractivity contribution in [3.05, 3.63) is 42.0 Å². The summed E-state index contributed by atoms with van der Waals surface area (Å²) in [5.41, 5.74) is 0.373. The number of carbonyl (C=O) groups is 1. The van der Waals surface area contributed by atoms with Crippen molar-refractivity contribution in [1.82, 2.24) is 4.90 Å². The number of hydrogen-bond acceptors (Lipinski definition) is 2. The van der Waals surface area contributed by atoms with Crippen LogP contribution in [0, 0.1) is 0 Å². The summed E-state index contributed by atoms with van der Waals surface area (Å²) in [5.74, 6) is -0.0526. The van der Waals surface area contributed by atoms with Crippen LogP contribution in [-0.2, 0) is 0 Å². The largest absolute Gasteiger partial charge is 0.506 e. The summed E-state index contributed by atoms with van der Waals surface area (Å²) in [7, 11) is 1.77. The van der Waals surface area contributed by atoms with Crippen LogP contribution in [0.25, 0.3) is 10.8 Å². The lowest BCUT2D eigenvalue weighted by molar-refractivity contribution is 0.0790. The Morgan fingerprint density at radius 1 is 1.21 bits per heavy atom. The van der Waals surface area contributed by atoms with Gasteiger partial charge in [-0.1, -0.05) is 43.7 Å². The van der Waals surface area contributed by atoms with E-state index in [2.05, 4.69) is 6.92 Å². The molecule has 2 rings (SSSR count). The van der Waals surface area contributed by atoms with Crippen LogP contribution in [0.2, 0.25) is 0 Å². The average molecular weight is 257 g/mol. The Morgan fingerprint density at radius 2 is 1.95 bits per heavy atom. The number of phenols is 1. The maximum absolute atomic E-state index is 12.3. The van der Waals surface area contributed by atoms with Crippen LogP contribution in [0.15, 0.2) is 36.4 Å². The molecule has 2 aromatic rings. The molecular weight excluding hydrogens is 238 g/mol. The van der Waals surface area contributed by atoms with Gasteiger partial charge in [-0.05, 0) is 17.9 Å². The highest BCUT2D eigenvalue weighted by Crippen LogP contribution is 2.29. The number of hydrogen-bond donors (Lipinski definition) is 1. The minimum atomic E-state index is -0.128. The number of phenolic OH excluding ortho intramolecular Hbond substituents is 1. The minimum Gasteiger partial charge on any atom is -0.506 e. The van der Waals surface area contributed by atoms with E-state index in [1.165, 1.54) is 0 Å². The fourth-order valence-electron chi connectivity index (χ4n) is 2.13. The fourth-order valence-corrected chi connectivity index (χ4v) is 2.13. The molecule has 0 aromatic heterocycles. The van der Waals surface area contributed by atoms with E-state index in [1.807, 2.05) is 30.3 Å². The number of carbonyl (C=O) groups excluding carboxylic acids is 1. The summed E-state index contributed by atoms with van der Waals surface area (Å²) in [6, 6.07) is 11.1. The van der Waals surface area contributed by atoms with Gasteiger partial charge in [0.1, 0.15) is 5.75 Å². The first-order chi connectivity index (χ1) is 9.15. The first-order valence-electron chi connectivity index (χ1n) is 6.61. The molecule has 100 valence electrons. The zero-order valence-corrected chi connectivity index (χ0v) is 11.4.